The van der Waals surface area contributed by atoms with Crippen molar-refractivity contribution in [3.63, 3.8) is 0 Å². The maximum absolute atomic E-state index is 11.0. The molecule has 23 heavy (non-hydrogen) atoms. The molecule has 1 unspecified atom stereocenters. The Hall–Kier alpha value is -2.12. The minimum absolute atomic E-state index is 0.0723. The van der Waals surface area contributed by atoms with Crippen LogP contribution in [0.2, 0.25) is 0 Å². The van der Waals surface area contributed by atoms with E-state index in [9.17, 15) is 4.79 Å². The van der Waals surface area contributed by atoms with Crippen molar-refractivity contribution >= 4 is 33.7 Å². The molecule has 3 rings (SSSR count). The molecule has 0 aliphatic carbocycles. The standard InChI is InChI=1S/C16H17N3O3S/c1-9(17-2)22-11-4-6-12-10(7-11)3-5-13(18-12)15-19-14(8-23-15)16(20)21/h3-7,9,14,17H,8H2,1-2H3,(H,20,21)/t9?,14-/m1/s1. The number of hydrogen-bond acceptors (Lipinski definition) is 6. The first-order valence-corrected chi connectivity index (χ1v) is 8.24. The van der Waals surface area contributed by atoms with Gasteiger partial charge >= 0.3 is 5.97 Å². The zero-order valence-electron chi connectivity index (χ0n) is 12.8. The Morgan fingerprint density at radius 2 is 2.26 bits per heavy atom. The van der Waals surface area contributed by atoms with E-state index in [1.807, 2.05) is 44.3 Å². The van der Waals surface area contributed by atoms with Crippen LogP contribution in [0.15, 0.2) is 35.3 Å². The van der Waals surface area contributed by atoms with Gasteiger partial charge in [-0.15, -0.1) is 11.8 Å². The molecule has 0 fully saturated rings. The van der Waals surface area contributed by atoms with Crippen LogP contribution in [0, 0.1) is 0 Å². The third-order valence-corrected chi connectivity index (χ3v) is 4.61. The number of nitrogens with one attached hydrogen (secondary N) is 1. The SMILES string of the molecule is CNC(C)Oc1ccc2nc(C3=N[C@@H](C(=O)O)CS3)ccc2c1. The van der Waals surface area contributed by atoms with Gasteiger partial charge in [-0.2, -0.15) is 0 Å². The lowest BCUT2D eigenvalue weighted by molar-refractivity contribution is -0.137. The quantitative estimate of drug-likeness (QED) is 0.817. The number of carbonyl (C=O) groups is 1. The van der Waals surface area contributed by atoms with Crippen LogP contribution in [0.5, 0.6) is 5.75 Å². The molecular weight excluding hydrogens is 314 g/mol. The van der Waals surface area contributed by atoms with E-state index in [0.29, 0.717) is 16.5 Å². The second kappa shape index (κ2) is 6.55. The first-order valence-electron chi connectivity index (χ1n) is 7.25. The highest BCUT2D eigenvalue weighted by Gasteiger charge is 2.25. The molecule has 0 saturated heterocycles. The van der Waals surface area contributed by atoms with E-state index in [-0.39, 0.29) is 6.23 Å². The maximum atomic E-state index is 11.0. The molecule has 0 saturated carbocycles. The number of ether oxygens (including phenoxy) is 1. The Morgan fingerprint density at radius 1 is 1.43 bits per heavy atom. The number of carboxylic acids is 1. The molecular formula is C16H17N3O3S. The van der Waals surface area contributed by atoms with Crippen molar-refractivity contribution in [2.75, 3.05) is 12.8 Å². The lowest BCUT2D eigenvalue weighted by atomic mass is 10.2. The Bertz CT molecular complexity index is 778. The normalized spacial score (nSPS) is 18.7. The molecule has 1 aliphatic rings. The van der Waals surface area contributed by atoms with Crippen molar-refractivity contribution in [3.05, 3.63) is 36.0 Å². The molecule has 1 aromatic carbocycles. The largest absolute Gasteiger partial charge is 0.480 e. The molecule has 2 N–H and O–H groups in total. The number of rotatable bonds is 5. The summed E-state index contributed by atoms with van der Waals surface area (Å²) in [4.78, 5) is 19.8. The van der Waals surface area contributed by atoms with Crippen LogP contribution in [0.4, 0.5) is 0 Å². The highest BCUT2D eigenvalue weighted by molar-refractivity contribution is 8.14. The second-order valence-corrected chi connectivity index (χ2v) is 6.21. The van der Waals surface area contributed by atoms with E-state index in [2.05, 4.69) is 15.3 Å². The van der Waals surface area contributed by atoms with Gasteiger partial charge in [0.05, 0.1) is 11.2 Å². The van der Waals surface area contributed by atoms with Gasteiger partial charge in [-0.3, -0.25) is 10.3 Å². The lowest BCUT2D eigenvalue weighted by Crippen LogP contribution is -2.27. The molecule has 6 nitrogen and oxygen atoms in total. The van der Waals surface area contributed by atoms with Crippen LogP contribution in [-0.4, -0.2) is 46.2 Å². The first-order chi connectivity index (χ1) is 11.1. The van der Waals surface area contributed by atoms with Gasteiger partial charge in [0.25, 0.3) is 0 Å². The van der Waals surface area contributed by atoms with Crippen molar-refractivity contribution in [3.8, 4) is 5.75 Å². The Labute approximate surface area is 138 Å². The third-order valence-electron chi connectivity index (χ3n) is 3.54. The van der Waals surface area contributed by atoms with Gasteiger partial charge in [-0.25, -0.2) is 9.78 Å². The third kappa shape index (κ3) is 3.46. The number of aliphatic carboxylic acids is 1. The number of thioether (sulfide) groups is 1. The van der Waals surface area contributed by atoms with E-state index in [1.54, 1.807) is 0 Å². The van der Waals surface area contributed by atoms with Gasteiger partial charge in [0.15, 0.2) is 6.04 Å². The number of benzene rings is 1. The van der Waals surface area contributed by atoms with Crippen LogP contribution in [-0.2, 0) is 4.79 Å². The lowest BCUT2D eigenvalue weighted by Gasteiger charge is -2.13. The van der Waals surface area contributed by atoms with Gasteiger partial charge in [0.2, 0.25) is 0 Å². The highest BCUT2D eigenvalue weighted by Crippen LogP contribution is 2.25. The summed E-state index contributed by atoms with van der Waals surface area (Å²) in [5.74, 6) is 0.333. The molecule has 2 heterocycles. The number of carboxylic acid groups (broad SMARTS) is 1. The van der Waals surface area contributed by atoms with Gasteiger partial charge < -0.3 is 9.84 Å². The summed E-state index contributed by atoms with van der Waals surface area (Å²) in [6, 6.07) is 8.84. The summed E-state index contributed by atoms with van der Waals surface area (Å²) < 4.78 is 5.71. The van der Waals surface area contributed by atoms with Crippen LogP contribution < -0.4 is 10.1 Å². The fourth-order valence-corrected chi connectivity index (χ4v) is 3.20. The monoisotopic (exact) mass is 331 g/mol. The van der Waals surface area contributed by atoms with Crippen LogP contribution in [0.25, 0.3) is 10.9 Å². The Morgan fingerprint density at radius 3 is 2.96 bits per heavy atom. The topological polar surface area (TPSA) is 83.8 Å². The average molecular weight is 331 g/mol. The summed E-state index contributed by atoms with van der Waals surface area (Å²) in [6.07, 6.45) is -0.0723. The minimum atomic E-state index is -0.895. The summed E-state index contributed by atoms with van der Waals surface area (Å²) in [6.45, 7) is 1.93. The molecule has 0 amide bonds. The zero-order valence-corrected chi connectivity index (χ0v) is 13.6. The number of hydrogen-bond donors (Lipinski definition) is 2. The molecule has 120 valence electrons. The minimum Gasteiger partial charge on any atom is -0.480 e. The molecule has 0 bridgehead atoms. The van der Waals surface area contributed by atoms with Crippen molar-refractivity contribution in [1.29, 1.82) is 0 Å². The zero-order chi connectivity index (χ0) is 16.4. The molecule has 0 spiro atoms. The second-order valence-electron chi connectivity index (χ2n) is 5.20. The van der Waals surface area contributed by atoms with Crippen LogP contribution in [0.1, 0.15) is 12.6 Å². The van der Waals surface area contributed by atoms with E-state index in [4.69, 9.17) is 9.84 Å². The van der Waals surface area contributed by atoms with E-state index in [0.717, 1.165) is 16.7 Å². The Balaban J connectivity index is 1.87. The average Bonchev–Trinajstić information content (AvgIpc) is 3.04. The molecule has 7 heteroatoms. The smallest absolute Gasteiger partial charge is 0.329 e. The van der Waals surface area contributed by atoms with E-state index < -0.39 is 12.0 Å². The summed E-state index contributed by atoms with van der Waals surface area (Å²) in [5.41, 5.74) is 1.54. The number of aliphatic imine (C=N–C) groups is 1. The van der Waals surface area contributed by atoms with Gasteiger partial charge in [0, 0.05) is 11.1 Å². The van der Waals surface area contributed by atoms with Gasteiger partial charge in [-0.1, -0.05) is 6.07 Å². The van der Waals surface area contributed by atoms with Crippen molar-refractivity contribution in [2.24, 2.45) is 4.99 Å². The Kier molecular flexibility index (Phi) is 4.49. The molecule has 2 aromatic rings. The summed E-state index contributed by atoms with van der Waals surface area (Å²) >= 11 is 1.43. The fraction of sp³-hybridized carbons (Fsp3) is 0.312. The molecule has 1 aromatic heterocycles. The highest BCUT2D eigenvalue weighted by atomic mass is 32.2. The molecule has 0 radical (unpaired) electrons. The fourth-order valence-electron chi connectivity index (χ4n) is 2.20. The van der Waals surface area contributed by atoms with Crippen LogP contribution in [0.3, 0.4) is 0 Å². The van der Waals surface area contributed by atoms with Gasteiger partial charge in [0.1, 0.15) is 17.0 Å². The number of pyridine rings is 1. The van der Waals surface area contributed by atoms with E-state index >= 15 is 0 Å². The van der Waals surface area contributed by atoms with Crippen molar-refractivity contribution in [2.45, 2.75) is 19.2 Å². The maximum Gasteiger partial charge on any atom is 0.329 e. The summed E-state index contributed by atoms with van der Waals surface area (Å²) in [5, 5.41) is 13.7. The van der Waals surface area contributed by atoms with Gasteiger partial charge in [-0.05, 0) is 38.2 Å². The van der Waals surface area contributed by atoms with Crippen molar-refractivity contribution in [1.82, 2.24) is 10.3 Å². The molecule has 2 atom stereocenters. The predicted molar refractivity (Wildman–Crippen MR) is 91.3 cm³/mol. The first kappa shape index (κ1) is 15.8. The number of nitrogens with zero attached hydrogens (tertiary/aromatic N) is 2. The van der Waals surface area contributed by atoms with Crippen LogP contribution >= 0.6 is 11.8 Å². The van der Waals surface area contributed by atoms with Crippen molar-refractivity contribution < 1.29 is 14.6 Å². The molecule has 1 aliphatic heterocycles. The number of aromatic nitrogens is 1. The predicted octanol–water partition coefficient (Wildman–Crippen LogP) is 2.13. The number of fused-ring (bicyclic) bond motifs is 1. The van der Waals surface area contributed by atoms with E-state index in [1.165, 1.54) is 11.8 Å². The summed E-state index contributed by atoms with van der Waals surface area (Å²) in [7, 11) is 1.84.